The van der Waals surface area contributed by atoms with Crippen LogP contribution in [0.3, 0.4) is 0 Å². The lowest BCUT2D eigenvalue weighted by Gasteiger charge is -2.32. The number of benzene rings is 3. The van der Waals surface area contributed by atoms with Gasteiger partial charge in [0.15, 0.2) is 0 Å². The number of aryl methyl sites for hydroxylation is 1. The van der Waals surface area contributed by atoms with Crippen LogP contribution in [-0.2, 0) is 26.2 Å². The molecule has 0 spiro atoms. The predicted octanol–water partition coefficient (Wildman–Crippen LogP) is 4.66. The monoisotopic (exact) mass is 547 g/mol. The van der Waals surface area contributed by atoms with Crippen molar-refractivity contribution in [3.05, 3.63) is 94.0 Å². The normalized spacial score (nSPS) is 12.0. The topological polar surface area (TPSA) is 86.8 Å². The Hall–Kier alpha value is -3.07. The lowest BCUT2D eigenvalue weighted by Crippen LogP contribution is -2.50. The van der Waals surface area contributed by atoms with E-state index in [2.05, 4.69) is 5.32 Å². The first-order valence-electron chi connectivity index (χ1n) is 11.1. The number of hydrogen-bond acceptors (Lipinski definition) is 4. The van der Waals surface area contributed by atoms with Crippen LogP contribution in [0.1, 0.15) is 18.1 Å². The van der Waals surface area contributed by atoms with Crippen molar-refractivity contribution in [2.24, 2.45) is 0 Å². The van der Waals surface area contributed by atoms with E-state index in [1.54, 1.807) is 25.1 Å². The largest absolute Gasteiger partial charge is 0.357 e. The fraction of sp³-hybridized carbons (Fsp3) is 0.231. The maximum atomic E-state index is 13.7. The Balaban J connectivity index is 2.05. The van der Waals surface area contributed by atoms with Gasteiger partial charge in [0.1, 0.15) is 12.6 Å². The van der Waals surface area contributed by atoms with Crippen LogP contribution in [0.4, 0.5) is 5.69 Å². The van der Waals surface area contributed by atoms with Crippen LogP contribution in [0.25, 0.3) is 0 Å². The van der Waals surface area contributed by atoms with E-state index in [1.807, 2.05) is 31.2 Å². The fourth-order valence-corrected chi connectivity index (χ4v) is 5.37. The quantitative estimate of drug-likeness (QED) is 0.422. The molecule has 0 aliphatic carbocycles. The zero-order valence-electron chi connectivity index (χ0n) is 20.1. The van der Waals surface area contributed by atoms with Crippen molar-refractivity contribution >= 4 is 50.7 Å². The summed E-state index contributed by atoms with van der Waals surface area (Å²) >= 11 is 12.1. The highest BCUT2D eigenvalue weighted by Crippen LogP contribution is 2.27. The number of anilines is 1. The van der Waals surface area contributed by atoms with Crippen LogP contribution >= 0.6 is 23.2 Å². The number of halogens is 2. The van der Waals surface area contributed by atoms with E-state index in [4.69, 9.17) is 23.2 Å². The molecule has 0 radical (unpaired) electrons. The van der Waals surface area contributed by atoms with E-state index in [0.717, 1.165) is 15.4 Å². The Morgan fingerprint density at radius 1 is 0.944 bits per heavy atom. The molecule has 10 heteroatoms. The molecule has 3 aromatic carbocycles. The molecule has 3 rings (SSSR count). The van der Waals surface area contributed by atoms with Crippen LogP contribution in [0.15, 0.2) is 77.7 Å². The minimum absolute atomic E-state index is 0.0375. The molecule has 0 saturated heterocycles. The average molecular weight is 548 g/mol. The van der Waals surface area contributed by atoms with Gasteiger partial charge in [0.25, 0.3) is 10.0 Å². The SMILES string of the molecule is CNC(=O)C(C)N(Cc1ccccc1C)C(=O)CN(c1cccc(Cl)c1)S(=O)(=O)c1ccc(Cl)cc1. The van der Waals surface area contributed by atoms with Gasteiger partial charge in [-0.2, -0.15) is 0 Å². The Morgan fingerprint density at radius 3 is 2.22 bits per heavy atom. The molecule has 2 amide bonds. The van der Waals surface area contributed by atoms with Crippen molar-refractivity contribution < 1.29 is 18.0 Å². The third-order valence-electron chi connectivity index (χ3n) is 5.79. The molecule has 1 atom stereocenters. The van der Waals surface area contributed by atoms with Gasteiger partial charge in [0.05, 0.1) is 10.6 Å². The van der Waals surface area contributed by atoms with Crippen molar-refractivity contribution in [3.63, 3.8) is 0 Å². The number of likely N-dealkylation sites (N-methyl/N-ethyl adjacent to an activating group) is 1. The van der Waals surface area contributed by atoms with Gasteiger partial charge in [-0.25, -0.2) is 8.42 Å². The number of carbonyl (C=O) groups is 2. The first-order chi connectivity index (χ1) is 17.0. The van der Waals surface area contributed by atoms with Crippen molar-refractivity contribution in [3.8, 4) is 0 Å². The highest BCUT2D eigenvalue weighted by atomic mass is 35.5. The minimum atomic E-state index is -4.18. The molecule has 0 saturated carbocycles. The average Bonchev–Trinajstić information content (AvgIpc) is 2.85. The summed E-state index contributed by atoms with van der Waals surface area (Å²) in [6.07, 6.45) is 0. The Bertz CT molecular complexity index is 1350. The third kappa shape index (κ3) is 6.37. The zero-order valence-corrected chi connectivity index (χ0v) is 22.4. The fourth-order valence-electron chi connectivity index (χ4n) is 3.66. The molecule has 0 aromatic heterocycles. The molecule has 0 bridgehead atoms. The van der Waals surface area contributed by atoms with Crippen LogP contribution in [0.2, 0.25) is 10.0 Å². The summed E-state index contributed by atoms with van der Waals surface area (Å²) in [5, 5.41) is 3.25. The molecule has 190 valence electrons. The van der Waals surface area contributed by atoms with Crippen LogP contribution in [-0.4, -0.2) is 44.8 Å². The summed E-state index contributed by atoms with van der Waals surface area (Å²) in [5.41, 5.74) is 2.01. The van der Waals surface area contributed by atoms with Crippen LogP contribution in [0, 0.1) is 6.92 Å². The Labute approximate surface area is 221 Å². The first kappa shape index (κ1) is 27.5. The Morgan fingerprint density at radius 2 is 1.61 bits per heavy atom. The third-order valence-corrected chi connectivity index (χ3v) is 8.07. The van der Waals surface area contributed by atoms with Crippen molar-refractivity contribution in [1.82, 2.24) is 10.2 Å². The lowest BCUT2D eigenvalue weighted by molar-refractivity contribution is -0.139. The zero-order chi connectivity index (χ0) is 26.5. The van der Waals surface area contributed by atoms with Gasteiger partial charge < -0.3 is 10.2 Å². The van der Waals surface area contributed by atoms with Gasteiger partial charge >= 0.3 is 0 Å². The lowest BCUT2D eigenvalue weighted by atomic mass is 10.1. The summed E-state index contributed by atoms with van der Waals surface area (Å²) in [4.78, 5) is 27.6. The van der Waals surface area contributed by atoms with E-state index < -0.39 is 28.5 Å². The second-order valence-electron chi connectivity index (χ2n) is 8.18. The molecule has 1 unspecified atom stereocenters. The van der Waals surface area contributed by atoms with Crippen LogP contribution < -0.4 is 9.62 Å². The van der Waals surface area contributed by atoms with Crippen molar-refractivity contribution in [2.45, 2.75) is 31.3 Å². The molecule has 7 nitrogen and oxygen atoms in total. The molecular weight excluding hydrogens is 521 g/mol. The number of carbonyl (C=O) groups excluding carboxylic acids is 2. The summed E-state index contributed by atoms with van der Waals surface area (Å²) in [6.45, 7) is 3.10. The van der Waals surface area contributed by atoms with Gasteiger partial charge in [-0.3, -0.25) is 13.9 Å². The molecule has 0 heterocycles. The molecule has 0 aliphatic heterocycles. The Kier molecular flexibility index (Phi) is 9.00. The van der Waals surface area contributed by atoms with E-state index >= 15 is 0 Å². The molecule has 0 aliphatic rings. The van der Waals surface area contributed by atoms with E-state index in [0.29, 0.717) is 10.0 Å². The van der Waals surface area contributed by atoms with Gasteiger partial charge in [-0.1, -0.05) is 53.5 Å². The summed E-state index contributed by atoms with van der Waals surface area (Å²) in [5.74, 6) is -0.918. The molecule has 3 aromatic rings. The molecule has 1 N–H and O–H groups in total. The summed E-state index contributed by atoms with van der Waals surface area (Å²) < 4.78 is 28.3. The number of nitrogens with zero attached hydrogens (tertiary/aromatic N) is 2. The van der Waals surface area contributed by atoms with Crippen molar-refractivity contribution in [2.75, 3.05) is 17.9 Å². The minimum Gasteiger partial charge on any atom is -0.357 e. The van der Waals surface area contributed by atoms with Gasteiger partial charge in [0.2, 0.25) is 11.8 Å². The number of sulfonamides is 1. The van der Waals surface area contributed by atoms with Gasteiger partial charge in [0, 0.05) is 23.6 Å². The second-order valence-corrected chi connectivity index (χ2v) is 10.9. The number of nitrogens with one attached hydrogen (secondary N) is 1. The van der Waals surface area contributed by atoms with E-state index in [1.165, 1.54) is 42.3 Å². The first-order valence-corrected chi connectivity index (χ1v) is 13.3. The predicted molar refractivity (Wildman–Crippen MR) is 143 cm³/mol. The molecule has 36 heavy (non-hydrogen) atoms. The second kappa shape index (κ2) is 11.8. The van der Waals surface area contributed by atoms with Crippen LogP contribution in [0.5, 0.6) is 0 Å². The maximum absolute atomic E-state index is 13.7. The number of hydrogen-bond donors (Lipinski definition) is 1. The maximum Gasteiger partial charge on any atom is 0.264 e. The highest BCUT2D eigenvalue weighted by Gasteiger charge is 2.32. The number of rotatable bonds is 9. The van der Waals surface area contributed by atoms with Gasteiger partial charge in [-0.15, -0.1) is 0 Å². The smallest absolute Gasteiger partial charge is 0.264 e. The number of amides is 2. The summed E-state index contributed by atoms with van der Waals surface area (Å²) in [7, 11) is -2.70. The molecular formula is C26H27Cl2N3O4S. The van der Waals surface area contributed by atoms with E-state index in [9.17, 15) is 18.0 Å². The van der Waals surface area contributed by atoms with E-state index in [-0.39, 0.29) is 23.0 Å². The van der Waals surface area contributed by atoms with Gasteiger partial charge in [-0.05, 0) is 67.4 Å². The van der Waals surface area contributed by atoms with Crippen molar-refractivity contribution in [1.29, 1.82) is 0 Å². The highest BCUT2D eigenvalue weighted by molar-refractivity contribution is 7.92. The summed E-state index contributed by atoms with van der Waals surface area (Å²) in [6, 6.07) is 18.6. The molecule has 0 fully saturated rings. The standard InChI is InChI=1S/C26H27Cl2N3O4S/c1-18-7-4-5-8-20(18)16-30(19(2)26(33)29-3)25(32)17-31(23-10-6-9-22(28)15-23)36(34,35)24-13-11-21(27)12-14-24/h4-15,19H,16-17H2,1-3H3,(H,29,33).